The van der Waals surface area contributed by atoms with E-state index >= 15 is 0 Å². The molecule has 2 aromatic rings. The molecule has 92 valence electrons. The van der Waals surface area contributed by atoms with E-state index in [-0.39, 0.29) is 22.3 Å². The third-order valence-corrected chi connectivity index (χ3v) is 2.67. The Kier molecular flexibility index (Phi) is 3.48. The van der Waals surface area contributed by atoms with Crippen molar-refractivity contribution in [2.75, 3.05) is 12.8 Å². The van der Waals surface area contributed by atoms with Crippen molar-refractivity contribution in [3.63, 3.8) is 0 Å². The van der Waals surface area contributed by atoms with Crippen LogP contribution < -0.4 is 10.5 Å². The van der Waals surface area contributed by atoms with Crippen molar-refractivity contribution in [2.45, 2.75) is 0 Å². The van der Waals surface area contributed by atoms with Gasteiger partial charge in [0.15, 0.2) is 0 Å². The number of nitrogen functional groups attached to an aromatic ring is 1. The zero-order valence-electron chi connectivity index (χ0n) is 9.68. The monoisotopic (exact) mass is 262 g/mol. The van der Waals surface area contributed by atoms with Crippen molar-refractivity contribution in [1.82, 2.24) is 4.98 Å². The Hall–Kier alpha value is -2.07. The fourth-order valence-corrected chi connectivity index (χ4v) is 1.74. The number of aromatic nitrogens is 1. The molecule has 2 N–H and O–H groups in total. The highest BCUT2D eigenvalue weighted by atomic mass is 35.5. The van der Waals surface area contributed by atoms with Crippen molar-refractivity contribution >= 4 is 23.1 Å². The van der Waals surface area contributed by atoms with Crippen LogP contribution in [0.3, 0.4) is 0 Å². The highest BCUT2D eigenvalue weighted by Crippen LogP contribution is 2.23. The van der Waals surface area contributed by atoms with Crippen LogP contribution in [-0.2, 0) is 0 Å². The Morgan fingerprint density at radius 3 is 2.72 bits per heavy atom. The number of methoxy groups -OCH3 is 1. The van der Waals surface area contributed by atoms with Crippen LogP contribution in [0.5, 0.6) is 5.75 Å². The predicted octanol–water partition coefficient (Wildman–Crippen LogP) is 2.56. The first kappa shape index (κ1) is 12.4. The number of carbonyl (C=O) groups is 1. The van der Waals surface area contributed by atoms with Crippen LogP contribution in [0, 0.1) is 0 Å². The van der Waals surface area contributed by atoms with Crippen molar-refractivity contribution in [3.05, 3.63) is 52.8 Å². The van der Waals surface area contributed by atoms with Gasteiger partial charge in [-0.3, -0.25) is 4.79 Å². The number of hydrogen-bond donors (Lipinski definition) is 1. The lowest BCUT2D eigenvalue weighted by Crippen LogP contribution is -2.09. The molecule has 0 atom stereocenters. The zero-order chi connectivity index (χ0) is 13.1. The molecule has 0 aliphatic rings. The average Bonchev–Trinajstić information content (AvgIpc) is 2.40. The summed E-state index contributed by atoms with van der Waals surface area (Å²) >= 11 is 5.77. The lowest BCUT2D eigenvalue weighted by molar-refractivity contribution is 0.103. The Labute approximate surface area is 109 Å². The first-order valence-electron chi connectivity index (χ1n) is 5.23. The van der Waals surface area contributed by atoms with Gasteiger partial charge in [0.05, 0.1) is 18.4 Å². The number of pyridine rings is 1. The minimum absolute atomic E-state index is 0.131. The van der Waals surface area contributed by atoms with Crippen LogP contribution in [0.15, 0.2) is 36.4 Å². The average molecular weight is 263 g/mol. The zero-order valence-corrected chi connectivity index (χ0v) is 10.4. The van der Waals surface area contributed by atoms with Gasteiger partial charge in [-0.2, -0.15) is 0 Å². The summed E-state index contributed by atoms with van der Waals surface area (Å²) in [5.74, 6) is 0.163. The van der Waals surface area contributed by atoms with Gasteiger partial charge in [0.25, 0.3) is 0 Å². The number of anilines is 1. The molecule has 2 rings (SSSR count). The molecule has 0 saturated carbocycles. The number of para-hydroxylation sites is 1. The maximum Gasteiger partial charge on any atom is 0.217 e. The minimum atomic E-state index is -0.313. The van der Waals surface area contributed by atoms with Crippen molar-refractivity contribution in [1.29, 1.82) is 0 Å². The summed E-state index contributed by atoms with van der Waals surface area (Å²) in [5, 5.41) is 0.224. The first-order valence-corrected chi connectivity index (χ1v) is 5.61. The molecule has 0 aliphatic carbocycles. The van der Waals surface area contributed by atoms with E-state index < -0.39 is 0 Å². The van der Waals surface area contributed by atoms with Gasteiger partial charge in [0.2, 0.25) is 5.78 Å². The van der Waals surface area contributed by atoms with Crippen LogP contribution in [-0.4, -0.2) is 17.9 Å². The molecule has 0 aliphatic heterocycles. The van der Waals surface area contributed by atoms with E-state index in [1.54, 1.807) is 30.3 Å². The summed E-state index contributed by atoms with van der Waals surface area (Å²) in [5.41, 5.74) is 6.56. The molecule has 0 unspecified atom stereocenters. The predicted molar refractivity (Wildman–Crippen MR) is 70.1 cm³/mol. The van der Waals surface area contributed by atoms with Gasteiger partial charge < -0.3 is 10.5 Å². The normalized spacial score (nSPS) is 10.1. The Bertz CT molecular complexity index is 599. The molecular weight excluding hydrogens is 252 g/mol. The standard InChI is InChI=1S/C13H11ClN2O2/c1-18-10-5-3-2-4-8(10)13(17)12-9(15)6-7-11(14)16-12/h2-7H,15H2,1H3. The van der Waals surface area contributed by atoms with Gasteiger partial charge >= 0.3 is 0 Å². The van der Waals surface area contributed by atoms with Gasteiger partial charge in [-0.1, -0.05) is 23.7 Å². The topological polar surface area (TPSA) is 65.2 Å². The Balaban J connectivity index is 2.51. The second-order valence-electron chi connectivity index (χ2n) is 3.60. The highest BCUT2D eigenvalue weighted by Gasteiger charge is 2.18. The second-order valence-corrected chi connectivity index (χ2v) is 3.99. The van der Waals surface area contributed by atoms with Crippen LogP contribution in [0.25, 0.3) is 0 Å². The number of nitrogens with zero attached hydrogens (tertiary/aromatic N) is 1. The van der Waals surface area contributed by atoms with E-state index in [4.69, 9.17) is 22.1 Å². The van der Waals surface area contributed by atoms with Crippen LogP contribution in [0.1, 0.15) is 16.1 Å². The number of hydrogen-bond acceptors (Lipinski definition) is 4. The first-order chi connectivity index (χ1) is 8.63. The molecule has 18 heavy (non-hydrogen) atoms. The van der Waals surface area contributed by atoms with Crippen molar-refractivity contribution in [3.8, 4) is 5.75 Å². The van der Waals surface area contributed by atoms with Gasteiger partial charge in [0.1, 0.15) is 16.6 Å². The third kappa shape index (κ3) is 2.28. The maximum atomic E-state index is 12.3. The second kappa shape index (κ2) is 5.06. The van der Waals surface area contributed by atoms with E-state index in [0.29, 0.717) is 11.3 Å². The third-order valence-electron chi connectivity index (χ3n) is 2.46. The minimum Gasteiger partial charge on any atom is -0.496 e. The van der Waals surface area contributed by atoms with Gasteiger partial charge in [-0.25, -0.2) is 4.98 Å². The summed E-state index contributed by atoms with van der Waals surface area (Å²) < 4.78 is 5.14. The molecule has 1 aromatic heterocycles. The quantitative estimate of drug-likeness (QED) is 0.682. The number of ketones is 1. The smallest absolute Gasteiger partial charge is 0.217 e. The molecule has 0 bridgehead atoms. The molecule has 0 fully saturated rings. The maximum absolute atomic E-state index is 12.3. The number of rotatable bonds is 3. The molecule has 0 spiro atoms. The lowest BCUT2D eigenvalue weighted by Gasteiger charge is -2.08. The SMILES string of the molecule is COc1ccccc1C(=O)c1nc(Cl)ccc1N. The molecule has 0 radical (unpaired) electrons. The fraction of sp³-hybridized carbons (Fsp3) is 0.0769. The van der Waals surface area contributed by atoms with Crippen molar-refractivity contribution in [2.24, 2.45) is 0 Å². The number of halogens is 1. The fourth-order valence-electron chi connectivity index (χ4n) is 1.59. The van der Waals surface area contributed by atoms with E-state index in [0.717, 1.165) is 0 Å². The molecular formula is C13H11ClN2O2. The summed E-state index contributed by atoms with van der Waals surface area (Å²) in [7, 11) is 1.50. The highest BCUT2D eigenvalue weighted by molar-refractivity contribution is 6.29. The molecule has 4 nitrogen and oxygen atoms in total. The van der Waals surface area contributed by atoms with E-state index in [9.17, 15) is 4.79 Å². The summed E-state index contributed by atoms with van der Waals surface area (Å²) in [6, 6.07) is 9.98. The van der Waals surface area contributed by atoms with E-state index in [2.05, 4.69) is 4.98 Å². The summed E-state index contributed by atoms with van der Waals surface area (Å²) in [6.07, 6.45) is 0. The Morgan fingerprint density at radius 1 is 1.28 bits per heavy atom. The molecule has 0 amide bonds. The van der Waals surface area contributed by atoms with Crippen LogP contribution in [0.2, 0.25) is 5.15 Å². The lowest BCUT2D eigenvalue weighted by atomic mass is 10.1. The number of benzene rings is 1. The summed E-state index contributed by atoms with van der Waals surface area (Å²) in [4.78, 5) is 16.3. The number of nitrogens with two attached hydrogens (primary N) is 1. The molecule has 1 aromatic carbocycles. The van der Waals surface area contributed by atoms with Gasteiger partial charge in [0, 0.05) is 0 Å². The van der Waals surface area contributed by atoms with E-state index in [1.165, 1.54) is 13.2 Å². The van der Waals surface area contributed by atoms with Crippen LogP contribution >= 0.6 is 11.6 Å². The largest absolute Gasteiger partial charge is 0.496 e. The molecule has 0 saturated heterocycles. The van der Waals surface area contributed by atoms with Crippen LogP contribution in [0.4, 0.5) is 5.69 Å². The number of carbonyl (C=O) groups excluding carboxylic acids is 1. The molecule has 5 heteroatoms. The summed E-state index contributed by atoms with van der Waals surface area (Å²) in [6.45, 7) is 0. The Morgan fingerprint density at radius 2 is 2.00 bits per heavy atom. The van der Waals surface area contributed by atoms with E-state index in [1.807, 2.05) is 0 Å². The molecule has 1 heterocycles. The van der Waals surface area contributed by atoms with Crippen molar-refractivity contribution < 1.29 is 9.53 Å². The number of ether oxygens (including phenoxy) is 1. The van der Waals surface area contributed by atoms with Gasteiger partial charge in [-0.15, -0.1) is 0 Å². The van der Waals surface area contributed by atoms with Gasteiger partial charge in [-0.05, 0) is 24.3 Å².